The summed E-state index contributed by atoms with van der Waals surface area (Å²) in [5.41, 5.74) is 16.5. The van der Waals surface area contributed by atoms with E-state index in [9.17, 15) is 5.11 Å². The van der Waals surface area contributed by atoms with Gasteiger partial charge in [-0.25, -0.2) is 0 Å². The van der Waals surface area contributed by atoms with E-state index in [1.807, 2.05) is 20.8 Å². The average molecular weight is 458 g/mol. The van der Waals surface area contributed by atoms with E-state index < -0.39 is 42.5 Å². The van der Waals surface area contributed by atoms with Crippen molar-refractivity contribution in [3.8, 4) is 0 Å². The number of aliphatic hydroxyl groups is 1. The van der Waals surface area contributed by atoms with E-state index in [4.69, 9.17) is 44.2 Å². The van der Waals surface area contributed by atoms with Crippen molar-refractivity contribution >= 4 is 0 Å². The van der Waals surface area contributed by atoms with Crippen LogP contribution in [0.1, 0.15) is 34.6 Å². The van der Waals surface area contributed by atoms with Crippen molar-refractivity contribution < 1.29 is 38.3 Å². The molecule has 32 heavy (non-hydrogen) atoms. The van der Waals surface area contributed by atoms with Crippen LogP contribution >= 0.6 is 0 Å². The van der Waals surface area contributed by atoms with Crippen LogP contribution in [0.5, 0.6) is 0 Å². The molecule has 0 amide bonds. The number of aliphatic hydroxyl groups excluding tert-OH is 1. The van der Waals surface area contributed by atoms with Gasteiger partial charge in [0.05, 0.1) is 25.3 Å². The zero-order chi connectivity index (χ0) is 23.5. The van der Waals surface area contributed by atoms with E-state index in [1.165, 1.54) is 0 Å². The molecule has 4 aliphatic rings. The van der Waals surface area contributed by atoms with Crippen LogP contribution in [0.4, 0.5) is 0 Å². The molecule has 4 aliphatic heterocycles. The lowest BCUT2D eigenvalue weighted by molar-refractivity contribution is -0.216. The van der Waals surface area contributed by atoms with Gasteiger partial charge < -0.3 is 38.3 Å². The highest BCUT2D eigenvalue weighted by Gasteiger charge is 2.55. The molecule has 180 valence electrons. The second-order valence-corrected chi connectivity index (χ2v) is 8.52. The first kappa shape index (κ1) is 24.9. The summed E-state index contributed by atoms with van der Waals surface area (Å²) >= 11 is 0. The molecule has 4 saturated heterocycles. The van der Waals surface area contributed by atoms with E-state index in [-0.39, 0.29) is 31.4 Å². The SMILES string of the molecule is CC1(C)O[C@H]2O[C@H](CN=[N+]=[N-])[C@H](O)[C@H]2O1.CCO[C@@H]1[C@H]2OC(C)(C)O[C@H]2O[C@@H]1CN=[N+]=[N-]. The molecule has 1 N–H and O–H groups in total. The second kappa shape index (κ2) is 10.1. The van der Waals surface area contributed by atoms with E-state index in [2.05, 4.69) is 20.1 Å². The molecule has 4 rings (SSSR count). The molecule has 0 aromatic heterocycles. The molecule has 0 radical (unpaired) electrons. The van der Waals surface area contributed by atoms with Crippen molar-refractivity contribution in [2.24, 2.45) is 10.2 Å². The van der Waals surface area contributed by atoms with Gasteiger partial charge in [0.25, 0.3) is 0 Å². The first-order valence-electron chi connectivity index (χ1n) is 10.4. The summed E-state index contributed by atoms with van der Waals surface area (Å²) in [5, 5.41) is 16.7. The molecular formula is C18H30N6O8. The summed E-state index contributed by atoms with van der Waals surface area (Å²) < 4.78 is 38.8. The van der Waals surface area contributed by atoms with Crippen molar-refractivity contribution in [1.82, 2.24) is 0 Å². The predicted octanol–water partition coefficient (Wildman–Crippen LogP) is 2.11. The fourth-order valence-electron chi connectivity index (χ4n) is 4.03. The molecule has 0 bridgehead atoms. The van der Waals surface area contributed by atoms with Gasteiger partial charge >= 0.3 is 0 Å². The Hall–Kier alpha value is -1.70. The van der Waals surface area contributed by atoms with E-state index in [0.29, 0.717) is 6.61 Å². The van der Waals surface area contributed by atoms with Gasteiger partial charge in [-0.15, -0.1) is 0 Å². The molecule has 0 aromatic carbocycles. The Morgan fingerprint density at radius 2 is 1.34 bits per heavy atom. The molecular weight excluding hydrogens is 428 g/mol. The Labute approximate surface area is 185 Å². The van der Waals surface area contributed by atoms with Crippen molar-refractivity contribution in [3.63, 3.8) is 0 Å². The van der Waals surface area contributed by atoms with Crippen LogP contribution in [0.25, 0.3) is 20.9 Å². The van der Waals surface area contributed by atoms with Gasteiger partial charge in [-0.1, -0.05) is 10.2 Å². The number of nitrogens with zero attached hydrogens (tertiary/aromatic N) is 6. The molecule has 4 fully saturated rings. The monoisotopic (exact) mass is 458 g/mol. The van der Waals surface area contributed by atoms with Crippen LogP contribution in [0, 0.1) is 0 Å². The van der Waals surface area contributed by atoms with Crippen molar-refractivity contribution in [2.75, 3.05) is 19.7 Å². The normalized spacial score (nSPS) is 40.4. The molecule has 4 heterocycles. The Kier molecular flexibility index (Phi) is 7.84. The predicted molar refractivity (Wildman–Crippen MR) is 107 cm³/mol. The average Bonchev–Trinajstić information content (AvgIpc) is 3.37. The molecule has 0 aliphatic carbocycles. The standard InChI is InChI=1S/C10H17N3O4.C8H13N3O4/c1-4-14-7-6(5-12-13-11)15-9-8(7)16-10(2,3)17-9;1-8(2)14-6-5(12)4(3-10-11-9)13-7(6)15-8/h6-9H,4-5H2,1-3H3;4-7,12H,3H2,1-2H3/t6-,7+,8-,9-;4-,5+,6-,7-/m11/s1. The Morgan fingerprint density at radius 3 is 1.88 bits per heavy atom. The van der Waals surface area contributed by atoms with Crippen molar-refractivity contribution in [1.29, 1.82) is 0 Å². The number of hydrogen-bond acceptors (Lipinski definition) is 10. The summed E-state index contributed by atoms with van der Waals surface area (Å²) in [6.07, 6.45) is -3.71. The van der Waals surface area contributed by atoms with Gasteiger partial charge in [0.2, 0.25) is 0 Å². The van der Waals surface area contributed by atoms with Gasteiger partial charge in [0.1, 0.15) is 24.4 Å². The Balaban J connectivity index is 0.000000182. The number of fused-ring (bicyclic) bond motifs is 2. The summed E-state index contributed by atoms with van der Waals surface area (Å²) in [7, 11) is 0. The van der Waals surface area contributed by atoms with Crippen LogP contribution in [0.2, 0.25) is 0 Å². The van der Waals surface area contributed by atoms with Gasteiger partial charge in [-0.2, -0.15) is 0 Å². The Bertz CT molecular complexity index is 756. The number of rotatable bonds is 6. The highest BCUT2D eigenvalue weighted by molar-refractivity contribution is 4.95. The maximum absolute atomic E-state index is 9.80. The summed E-state index contributed by atoms with van der Waals surface area (Å²) in [6.45, 7) is 9.93. The zero-order valence-electron chi connectivity index (χ0n) is 18.7. The van der Waals surface area contributed by atoms with Crippen LogP contribution < -0.4 is 0 Å². The number of hydrogen-bond donors (Lipinski definition) is 1. The molecule has 0 spiro atoms. The smallest absolute Gasteiger partial charge is 0.190 e. The van der Waals surface area contributed by atoms with Crippen LogP contribution in [-0.2, 0) is 33.2 Å². The number of ether oxygens (including phenoxy) is 7. The van der Waals surface area contributed by atoms with Crippen LogP contribution in [-0.4, -0.2) is 85.6 Å². The third-order valence-corrected chi connectivity index (χ3v) is 5.21. The van der Waals surface area contributed by atoms with Crippen molar-refractivity contribution in [3.05, 3.63) is 20.9 Å². The van der Waals surface area contributed by atoms with E-state index in [0.717, 1.165) is 0 Å². The maximum Gasteiger partial charge on any atom is 0.190 e. The van der Waals surface area contributed by atoms with Gasteiger partial charge in [-0.3, -0.25) is 0 Å². The minimum atomic E-state index is -0.817. The molecule has 0 unspecified atom stereocenters. The van der Waals surface area contributed by atoms with Crippen LogP contribution in [0.15, 0.2) is 10.2 Å². The second-order valence-electron chi connectivity index (χ2n) is 8.52. The first-order valence-corrected chi connectivity index (χ1v) is 10.4. The Morgan fingerprint density at radius 1 is 0.844 bits per heavy atom. The van der Waals surface area contributed by atoms with Crippen LogP contribution in [0.3, 0.4) is 0 Å². The highest BCUT2D eigenvalue weighted by Crippen LogP contribution is 2.39. The van der Waals surface area contributed by atoms with Gasteiger partial charge in [0.15, 0.2) is 24.2 Å². The molecule has 14 nitrogen and oxygen atoms in total. The quantitative estimate of drug-likeness (QED) is 0.356. The lowest BCUT2D eigenvalue weighted by atomic mass is 10.1. The maximum atomic E-state index is 9.80. The highest BCUT2D eigenvalue weighted by atomic mass is 16.8. The molecule has 8 atom stereocenters. The lowest BCUT2D eigenvalue weighted by Gasteiger charge is -2.24. The summed E-state index contributed by atoms with van der Waals surface area (Å²) in [5.74, 6) is -1.39. The molecule has 0 saturated carbocycles. The number of azide groups is 2. The van der Waals surface area contributed by atoms with Gasteiger partial charge in [0, 0.05) is 16.4 Å². The van der Waals surface area contributed by atoms with Gasteiger partial charge in [-0.05, 0) is 45.7 Å². The largest absolute Gasteiger partial charge is 0.387 e. The first-order chi connectivity index (χ1) is 15.1. The minimum Gasteiger partial charge on any atom is -0.387 e. The lowest BCUT2D eigenvalue weighted by Crippen LogP contribution is -2.38. The minimum absolute atomic E-state index is 0.0812. The fraction of sp³-hybridized carbons (Fsp3) is 1.00. The molecule has 14 heteroatoms. The topological polar surface area (TPSA) is 182 Å². The van der Waals surface area contributed by atoms with E-state index in [1.54, 1.807) is 13.8 Å². The summed E-state index contributed by atoms with van der Waals surface area (Å²) in [4.78, 5) is 5.33. The van der Waals surface area contributed by atoms with Crippen molar-refractivity contribution in [2.45, 2.75) is 95.4 Å². The summed E-state index contributed by atoms with van der Waals surface area (Å²) in [6, 6.07) is 0. The molecule has 0 aromatic rings. The fourth-order valence-corrected chi connectivity index (χ4v) is 4.03. The zero-order valence-corrected chi connectivity index (χ0v) is 18.7. The third-order valence-electron chi connectivity index (χ3n) is 5.21. The van der Waals surface area contributed by atoms with E-state index >= 15 is 0 Å². The third kappa shape index (κ3) is 5.61.